The number of nitriles is 1. The van der Waals surface area contributed by atoms with Gasteiger partial charge in [-0.1, -0.05) is 11.3 Å². The Morgan fingerprint density at radius 2 is 1.90 bits per heavy atom. The molecule has 0 fully saturated rings. The van der Waals surface area contributed by atoms with E-state index in [0.29, 0.717) is 36.0 Å². The third-order valence-electron chi connectivity index (χ3n) is 4.17. The third kappa shape index (κ3) is 5.45. The second kappa shape index (κ2) is 10.2. The second-order valence-electron chi connectivity index (χ2n) is 6.51. The number of likely N-dealkylation sites (N-methyl/N-ethyl adjacent to an activating group) is 1. The summed E-state index contributed by atoms with van der Waals surface area (Å²) in [5, 5.41) is 9.62. The first-order valence-corrected chi connectivity index (χ1v) is 9.83. The van der Waals surface area contributed by atoms with E-state index in [1.807, 2.05) is 44.1 Å². The number of hydrogen-bond donors (Lipinski definition) is 0. The minimum absolute atomic E-state index is 0. The zero-order chi connectivity index (χ0) is 20.1. The fourth-order valence-corrected chi connectivity index (χ4v) is 3.71. The van der Waals surface area contributed by atoms with Gasteiger partial charge in [-0.2, -0.15) is 5.26 Å². The van der Waals surface area contributed by atoms with Crippen molar-refractivity contribution in [2.45, 2.75) is 6.92 Å². The molecule has 3 aromatic rings. The van der Waals surface area contributed by atoms with Crippen LogP contribution in [-0.4, -0.2) is 49.6 Å². The minimum Gasteiger partial charge on any atom is -0.494 e. The molecule has 0 saturated carbocycles. The number of aromatic nitrogens is 1. The highest BCUT2D eigenvalue weighted by Crippen LogP contribution is 2.32. The van der Waals surface area contributed by atoms with E-state index in [4.69, 9.17) is 10.00 Å². The van der Waals surface area contributed by atoms with Crippen LogP contribution in [0, 0.1) is 11.3 Å². The molecule has 0 spiro atoms. The van der Waals surface area contributed by atoms with Crippen molar-refractivity contribution < 1.29 is 9.53 Å². The Morgan fingerprint density at radius 3 is 2.52 bits per heavy atom. The summed E-state index contributed by atoms with van der Waals surface area (Å²) >= 11 is 1.47. The summed E-state index contributed by atoms with van der Waals surface area (Å²) in [4.78, 5) is 21.6. The zero-order valence-electron chi connectivity index (χ0n) is 16.6. The number of hydrogen-bond acceptors (Lipinski definition) is 6. The molecule has 0 aliphatic rings. The molecule has 0 radical (unpaired) electrons. The highest BCUT2D eigenvalue weighted by molar-refractivity contribution is 7.22. The highest BCUT2D eigenvalue weighted by Gasteiger charge is 2.21. The Balaban J connectivity index is 0.00000300. The van der Waals surface area contributed by atoms with Gasteiger partial charge in [-0.15, -0.1) is 12.4 Å². The monoisotopic (exact) mass is 430 g/mol. The van der Waals surface area contributed by atoms with Crippen LogP contribution in [0.3, 0.4) is 0 Å². The lowest BCUT2D eigenvalue weighted by Crippen LogP contribution is -2.36. The quantitative estimate of drug-likeness (QED) is 0.562. The maximum absolute atomic E-state index is 13.2. The topological polar surface area (TPSA) is 69.5 Å². The van der Waals surface area contributed by atoms with E-state index in [1.54, 1.807) is 29.2 Å². The van der Waals surface area contributed by atoms with Crippen molar-refractivity contribution in [2.75, 3.05) is 38.7 Å². The summed E-state index contributed by atoms with van der Waals surface area (Å²) in [6.07, 6.45) is 0. The first kappa shape index (κ1) is 22.6. The van der Waals surface area contributed by atoms with Gasteiger partial charge < -0.3 is 9.64 Å². The Morgan fingerprint density at radius 1 is 1.17 bits per heavy atom. The van der Waals surface area contributed by atoms with E-state index < -0.39 is 0 Å². The predicted octanol–water partition coefficient (Wildman–Crippen LogP) is 4.20. The van der Waals surface area contributed by atoms with Crippen LogP contribution >= 0.6 is 23.7 Å². The van der Waals surface area contributed by atoms with Crippen molar-refractivity contribution in [3.63, 3.8) is 0 Å². The fourth-order valence-electron chi connectivity index (χ4n) is 2.69. The van der Waals surface area contributed by atoms with Crippen LogP contribution in [0.25, 0.3) is 10.2 Å². The number of anilines is 1. The van der Waals surface area contributed by atoms with Crippen molar-refractivity contribution in [3.8, 4) is 11.8 Å². The van der Waals surface area contributed by atoms with Gasteiger partial charge in [-0.05, 0) is 63.5 Å². The van der Waals surface area contributed by atoms with Crippen molar-refractivity contribution in [2.24, 2.45) is 0 Å². The molecule has 3 rings (SSSR count). The van der Waals surface area contributed by atoms with E-state index in [1.165, 1.54) is 11.3 Å². The van der Waals surface area contributed by atoms with E-state index >= 15 is 0 Å². The van der Waals surface area contributed by atoms with Gasteiger partial charge in [0.15, 0.2) is 5.13 Å². The average molecular weight is 431 g/mol. The van der Waals surface area contributed by atoms with Crippen molar-refractivity contribution in [1.82, 2.24) is 9.88 Å². The number of amides is 1. The van der Waals surface area contributed by atoms with Crippen LogP contribution in [0.4, 0.5) is 5.13 Å². The number of nitrogens with zero attached hydrogens (tertiary/aromatic N) is 4. The Bertz CT molecular complexity index is 1010. The van der Waals surface area contributed by atoms with Crippen molar-refractivity contribution in [3.05, 3.63) is 53.6 Å². The van der Waals surface area contributed by atoms with Gasteiger partial charge >= 0.3 is 0 Å². The molecule has 0 aliphatic heterocycles. The molecule has 1 aromatic heterocycles. The number of thiazole rings is 1. The van der Waals surface area contributed by atoms with E-state index in [9.17, 15) is 4.79 Å². The molecule has 0 unspecified atom stereocenters. The smallest absolute Gasteiger partial charge is 0.260 e. The first-order valence-electron chi connectivity index (χ1n) is 9.02. The molecule has 0 bridgehead atoms. The first-order chi connectivity index (χ1) is 13.5. The number of rotatable bonds is 7. The Labute approximate surface area is 180 Å². The van der Waals surface area contributed by atoms with Gasteiger partial charge in [-0.3, -0.25) is 9.69 Å². The SMILES string of the molecule is CCOc1ccc2nc(N(CCN(C)C)C(=O)c3ccc(C#N)cc3)sc2c1.Cl. The van der Waals surface area contributed by atoms with Crippen LogP contribution < -0.4 is 9.64 Å². The van der Waals surface area contributed by atoms with E-state index in [0.717, 1.165) is 16.0 Å². The molecule has 1 amide bonds. The molecule has 8 heteroatoms. The lowest BCUT2D eigenvalue weighted by atomic mass is 10.1. The lowest BCUT2D eigenvalue weighted by Gasteiger charge is -2.22. The molecule has 29 heavy (non-hydrogen) atoms. The number of fused-ring (bicyclic) bond motifs is 1. The van der Waals surface area contributed by atoms with Crippen molar-refractivity contribution in [1.29, 1.82) is 5.26 Å². The molecule has 2 aromatic carbocycles. The molecular formula is C21H23ClN4O2S. The van der Waals surface area contributed by atoms with Gasteiger partial charge in [-0.25, -0.2) is 4.98 Å². The van der Waals surface area contributed by atoms with Crippen LogP contribution in [0.15, 0.2) is 42.5 Å². The number of ether oxygens (including phenoxy) is 1. The van der Waals surface area contributed by atoms with Gasteiger partial charge in [0.1, 0.15) is 5.75 Å². The number of benzene rings is 2. The molecule has 0 aliphatic carbocycles. The molecule has 152 valence electrons. The van der Waals surface area contributed by atoms with Gasteiger partial charge in [0.25, 0.3) is 5.91 Å². The van der Waals surface area contributed by atoms with Gasteiger partial charge in [0, 0.05) is 18.7 Å². The standard InChI is InChI=1S/C21H22N4O2S.ClH/c1-4-27-17-9-10-18-19(13-17)28-21(23-18)25(12-11-24(2)3)20(26)16-7-5-15(14-22)6-8-16;/h5-10,13H,4,11-12H2,1-3H3;1H. The van der Waals surface area contributed by atoms with E-state index in [-0.39, 0.29) is 18.3 Å². The number of carbonyl (C=O) groups excluding carboxylic acids is 1. The molecule has 1 heterocycles. The summed E-state index contributed by atoms with van der Waals surface area (Å²) in [5.41, 5.74) is 1.90. The average Bonchev–Trinajstić information content (AvgIpc) is 3.11. The minimum atomic E-state index is -0.129. The number of halogens is 1. The van der Waals surface area contributed by atoms with Crippen LogP contribution in [0.2, 0.25) is 0 Å². The predicted molar refractivity (Wildman–Crippen MR) is 119 cm³/mol. The third-order valence-corrected chi connectivity index (χ3v) is 5.21. The molecule has 0 atom stereocenters. The van der Waals surface area contributed by atoms with E-state index in [2.05, 4.69) is 11.1 Å². The number of carbonyl (C=O) groups is 1. The molecule has 0 N–H and O–H groups in total. The summed E-state index contributed by atoms with van der Waals surface area (Å²) in [6.45, 7) is 3.77. The summed E-state index contributed by atoms with van der Waals surface area (Å²) in [6, 6.07) is 14.5. The summed E-state index contributed by atoms with van der Waals surface area (Å²) in [5.74, 6) is 0.666. The van der Waals surface area contributed by atoms with Crippen LogP contribution in [-0.2, 0) is 0 Å². The maximum Gasteiger partial charge on any atom is 0.260 e. The zero-order valence-corrected chi connectivity index (χ0v) is 18.2. The van der Waals surface area contributed by atoms with Gasteiger partial charge in [0.05, 0.1) is 28.5 Å². The van der Waals surface area contributed by atoms with Crippen molar-refractivity contribution >= 4 is 45.0 Å². The summed E-state index contributed by atoms with van der Waals surface area (Å²) < 4.78 is 6.54. The normalized spacial score (nSPS) is 10.4. The maximum atomic E-state index is 13.2. The summed E-state index contributed by atoms with van der Waals surface area (Å²) in [7, 11) is 3.94. The lowest BCUT2D eigenvalue weighted by molar-refractivity contribution is 0.0985. The van der Waals surface area contributed by atoms with Crippen LogP contribution in [0.1, 0.15) is 22.8 Å². The molecule has 6 nitrogen and oxygen atoms in total. The molecule has 0 saturated heterocycles. The largest absolute Gasteiger partial charge is 0.494 e. The van der Waals surface area contributed by atoms with Crippen LogP contribution in [0.5, 0.6) is 5.75 Å². The molecular weight excluding hydrogens is 408 g/mol. The Hall–Kier alpha value is -2.66. The Kier molecular flexibility index (Phi) is 7.97. The fraction of sp³-hybridized carbons (Fsp3) is 0.286. The highest BCUT2D eigenvalue weighted by atomic mass is 35.5. The van der Waals surface area contributed by atoms with Gasteiger partial charge in [0.2, 0.25) is 0 Å². The second-order valence-corrected chi connectivity index (χ2v) is 7.52.